The molecule has 1 heterocycles. The van der Waals surface area contributed by atoms with Crippen molar-refractivity contribution in [2.45, 2.75) is 44.7 Å². The van der Waals surface area contributed by atoms with E-state index in [2.05, 4.69) is 46.9 Å². The molecule has 0 saturated heterocycles. The van der Waals surface area contributed by atoms with Crippen LogP contribution < -0.4 is 5.32 Å². The molecule has 0 saturated carbocycles. The van der Waals surface area contributed by atoms with Crippen LogP contribution in [0.15, 0.2) is 35.8 Å². The molecule has 0 bridgehead atoms. The Hall–Kier alpha value is -1.19. The lowest BCUT2D eigenvalue weighted by atomic mass is 9.87. The Morgan fingerprint density at radius 3 is 3.11 bits per heavy atom. The van der Waals surface area contributed by atoms with Gasteiger partial charge in [0.2, 0.25) is 0 Å². The van der Waals surface area contributed by atoms with Crippen molar-refractivity contribution in [3.05, 3.63) is 52.0 Å². The number of aromatic nitrogens is 1. The van der Waals surface area contributed by atoms with E-state index in [1.807, 2.05) is 6.20 Å². The second kappa shape index (κ2) is 5.85. The average Bonchev–Trinajstić information content (AvgIpc) is 2.99. The maximum absolute atomic E-state index is 4.46. The summed E-state index contributed by atoms with van der Waals surface area (Å²) in [6, 6.07) is 9.73. The van der Waals surface area contributed by atoms with Crippen LogP contribution in [0.4, 0.5) is 0 Å². The van der Waals surface area contributed by atoms with Gasteiger partial charge < -0.3 is 5.32 Å². The fraction of sp³-hybridized carbons (Fsp3) is 0.438. The average molecular weight is 272 g/mol. The van der Waals surface area contributed by atoms with Gasteiger partial charge in [-0.2, -0.15) is 0 Å². The van der Waals surface area contributed by atoms with Crippen LogP contribution in [0.25, 0.3) is 0 Å². The zero-order valence-corrected chi connectivity index (χ0v) is 12.1. The van der Waals surface area contributed by atoms with Crippen molar-refractivity contribution in [3.8, 4) is 0 Å². The number of hydrogen-bond donors (Lipinski definition) is 1. The van der Waals surface area contributed by atoms with Crippen molar-refractivity contribution in [1.82, 2.24) is 10.3 Å². The van der Waals surface area contributed by atoms with E-state index in [0.29, 0.717) is 12.1 Å². The minimum Gasteiger partial charge on any atom is -0.301 e. The summed E-state index contributed by atoms with van der Waals surface area (Å²) in [6.07, 6.45) is 6.73. The lowest BCUT2D eigenvalue weighted by Crippen LogP contribution is -2.28. The Kier molecular flexibility index (Phi) is 3.95. The van der Waals surface area contributed by atoms with Gasteiger partial charge in [0.05, 0.1) is 6.04 Å². The Labute approximate surface area is 118 Å². The number of nitrogens with zero attached hydrogens (tertiary/aromatic N) is 1. The van der Waals surface area contributed by atoms with Gasteiger partial charge in [-0.05, 0) is 36.8 Å². The summed E-state index contributed by atoms with van der Waals surface area (Å²) in [6.45, 7) is 2.23. The third kappa shape index (κ3) is 2.72. The van der Waals surface area contributed by atoms with E-state index in [0.717, 1.165) is 6.42 Å². The Bertz CT molecular complexity index is 521. The first-order valence-electron chi connectivity index (χ1n) is 7.11. The molecule has 3 rings (SSSR count). The quantitative estimate of drug-likeness (QED) is 0.899. The maximum Gasteiger partial charge on any atom is 0.109 e. The molecular weight excluding hydrogens is 252 g/mol. The number of fused-ring (bicyclic) bond motifs is 1. The van der Waals surface area contributed by atoms with E-state index in [9.17, 15) is 0 Å². The minimum absolute atomic E-state index is 0.385. The number of aryl methyl sites for hydroxylation is 1. The van der Waals surface area contributed by atoms with Crippen LogP contribution in [0.5, 0.6) is 0 Å². The number of hydrogen-bond acceptors (Lipinski definition) is 3. The normalized spacial score (nSPS) is 19.9. The fourth-order valence-electron chi connectivity index (χ4n) is 2.94. The van der Waals surface area contributed by atoms with E-state index in [1.54, 1.807) is 11.3 Å². The van der Waals surface area contributed by atoms with Gasteiger partial charge in [0.15, 0.2) is 0 Å². The molecule has 1 N–H and O–H groups in total. The monoisotopic (exact) mass is 272 g/mol. The summed E-state index contributed by atoms with van der Waals surface area (Å²) in [5, 5.41) is 7.09. The first kappa shape index (κ1) is 12.8. The van der Waals surface area contributed by atoms with Crippen molar-refractivity contribution in [3.63, 3.8) is 0 Å². The fourth-order valence-corrected chi connectivity index (χ4v) is 3.72. The summed E-state index contributed by atoms with van der Waals surface area (Å²) in [5.74, 6) is 0. The summed E-state index contributed by atoms with van der Waals surface area (Å²) < 4.78 is 0. The summed E-state index contributed by atoms with van der Waals surface area (Å²) in [7, 11) is 0. The van der Waals surface area contributed by atoms with Crippen LogP contribution in [0.2, 0.25) is 0 Å². The predicted molar refractivity (Wildman–Crippen MR) is 80.4 cm³/mol. The van der Waals surface area contributed by atoms with Crippen molar-refractivity contribution >= 4 is 11.3 Å². The first-order chi connectivity index (χ1) is 9.38. The highest BCUT2D eigenvalue weighted by Crippen LogP contribution is 2.32. The zero-order chi connectivity index (χ0) is 13.1. The highest BCUT2D eigenvalue weighted by atomic mass is 32.1. The molecule has 0 aliphatic heterocycles. The largest absolute Gasteiger partial charge is 0.301 e. The molecule has 3 heteroatoms. The molecule has 19 heavy (non-hydrogen) atoms. The lowest BCUT2D eigenvalue weighted by molar-refractivity contribution is 0.392. The van der Waals surface area contributed by atoms with Crippen molar-refractivity contribution in [2.75, 3.05) is 0 Å². The molecule has 0 amide bonds. The molecule has 1 aliphatic rings. The van der Waals surface area contributed by atoms with Crippen LogP contribution in [0.1, 0.15) is 54.4 Å². The third-order valence-electron chi connectivity index (χ3n) is 3.93. The molecule has 100 valence electrons. The molecule has 1 aromatic heterocycles. The van der Waals surface area contributed by atoms with E-state index in [-0.39, 0.29) is 0 Å². The lowest BCUT2D eigenvalue weighted by Gasteiger charge is -2.29. The van der Waals surface area contributed by atoms with Gasteiger partial charge in [0.25, 0.3) is 0 Å². The molecule has 1 aliphatic carbocycles. The molecule has 2 nitrogen and oxygen atoms in total. The Balaban J connectivity index is 1.80. The van der Waals surface area contributed by atoms with E-state index in [1.165, 1.54) is 35.4 Å². The molecule has 0 spiro atoms. The van der Waals surface area contributed by atoms with Gasteiger partial charge in [0.1, 0.15) is 5.01 Å². The first-order valence-corrected chi connectivity index (χ1v) is 7.99. The second-order valence-corrected chi connectivity index (χ2v) is 6.07. The number of thiazole rings is 1. The summed E-state index contributed by atoms with van der Waals surface area (Å²) in [5.41, 5.74) is 3.00. The van der Waals surface area contributed by atoms with Crippen molar-refractivity contribution in [1.29, 1.82) is 0 Å². The summed E-state index contributed by atoms with van der Waals surface area (Å²) >= 11 is 1.75. The highest BCUT2D eigenvalue weighted by Gasteiger charge is 2.23. The Morgan fingerprint density at radius 1 is 1.42 bits per heavy atom. The smallest absolute Gasteiger partial charge is 0.109 e. The number of rotatable bonds is 4. The van der Waals surface area contributed by atoms with E-state index < -0.39 is 0 Å². The molecule has 0 radical (unpaired) electrons. The van der Waals surface area contributed by atoms with Gasteiger partial charge in [0, 0.05) is 17.6 Å². The van der Waals surface area contributed by atoms with Crippen molar-refractivity contribution < 1.29 is 0 Å². The second-order valence-electron chi connectivity index (χ2n) is 5.14. The van der Waals surface area contributed by atoms with Crippen LogP contribution in [-0.2, 0) is 6.42 Å². The van der Waals surface area contributed by atoms with Gasteiger partial charge in [-0.1, -0.05) is 31.2 Å². The standard InChI is InChI=1S/C16H20N2S/c1-2-14(16-17-10-11-19-16)18-15-9-5-7-12-6-3-4-8-13(12)15/h3-4,6,8,10-11,14-15,18H,2,5,7,9H2,1H3. The van der Waals surface area contributed by atoms with Crippen LogP contribution in [0.3, 0.4) is 0 Å². The summed E-state index contributed by atoms with van der Waals surface area (Å²) in [4.78, 5) is 4.46. The molecule has 0 fully saturated rings. The molecule has 2 aromatic rings. The van der Waals surface area contributed by atoms with Crippen LogP contribution in [0, 0.1) is 0 Å². The highest BCUT2D eigenvalue weighted by molar-refractivity contribution is 7.09. The maximum atomic E-state index is 4.46. The van der Waals surface area contributed by atoms with Crippen LogP contribution >= 0.6 is 11.3 Å². The molecule has 1 aromatic carbocycles. The topological polar surface area (TPSA) is 24.9 Å². The predicted octanol–water partition coefficient (Wildman–Crippen LogP) is 4.26. The van der Waals surface area contributed by atoms with Gasteiger partial charge in [-0.15, -0.1) is 11.3 Å². The van der Waals surface area contributed by atoms with Gasteiger partial charge in [-0.25, -0.2) is 4.98 Å². The number of benzene rings is 1. The van der Waals surface area contributed by atoms with Gasteiger partial charge >= 0.3 is 0 Å². The molecule has 2 atom stereocenters. The minimum atomic E-state index is 0.385. The van der Waals surface area contributed by atoms with E-state index >= 15 is 0 Å². The number of nitrogens with one attached hydrogen (secondary N) is 1. The van der Waals surface area contributed by atoms with Gasteiger partial charge in [-0.3, -0.25) is 0 Å². The molecular formula is C16H20N2S. The SMILES string of the molecule is CCC(NC1CCCc2ccccc21)c1nccs1. The molecule has 2 unspecified atom stereocenters. The van der Waals surface area contributed by atoms with Crippen LogP contribution in [-0.4, -0.2) is 4.98 Å². The van der Waals surface area contributed by atoms with E-state index in [4.69, 9.17) is 0 Å². The zero-order valence-electron chi connectivity index (χ0n) is 11.3. The van der Waals surface area contributed by atoms with Crippen molar-refractivity contribution in [2.24, 2.45) is 0 Å². The third-order valence-corrected chi connectivity index (χ3v) is 4.82. The Morgan fingerprint density at radius 2 is 2.32 bits per heavy atom.